The fraction of sp³-hybridized carbons (Fsp3) is 0.152. The SMILES string of the molecule is COc1ccc([C@@H]2C3=C(N=c4s/c(=C\c5ccc(-c6cccc(Br)c6)o5)c(=O)n42)c2ccccc2CC3)cc1OC. The van der Waals surface area contributed by atoms with Crippen LogP contribution in [0.2, 0.25) is 0 Å². The summed E-state index contributed by atoms with van der Waals surface area (Å²) in [4.78, 5) is 19.8. The Bertz CT molecular complexity index is 2030. The highest BCUT2D eigenvalue weighted by Crippen LogP contribution is 2.42. The molecule has 1 atom stereocenters. The topological polar surface area (TPSA) is 66.0 Å². The summed E-state index contributed by atoms with van der Waals surface area (Å²) in [5.74, 6) is 2.62. The second kappa shape index (κ2) is 10.4. The van der Waals surface area contributed by atoms with Gasteiger partial charge in [-0.2, -0.15) is 0 Å². The smallest absolute Gasteiger partial charge is 0.271 e. The van der Waals surface area contributed by atoms with E-state index >= 15 is 0 Å². The summed E-state index contributed by atoms with van der Waals surface area (Å²) >= 11 is 4.90. The zero-order valence-corrected chi connectivity index (χ0v) is 24.8. The molecule has 3 heterocycles. The van der Waals surface area contributed by atoms with E-state index in [0.29, 0.717) is 26.6 Å². The van der Waals surface area contributed by atoms with E-state index in [1.165, 1.54) is 16.9 Å². The van der Waals surface area contributed by atoms with Gasteiger partial charge in [0.2, 0.25) is 0 Å². The van der Waals surface area contributed by atoms with Crippen molar-refractivity contribution in [2.24, 2.45) is 4.99 Å². The normalized spacial score (nSPS) is 16.1. The maximum absolute atomic E-state index is 14.1. The van der Waals surface area contributed by atoms with Crippen LogP contribution in [0.25, 0.3) is 23.1 Å². The minimum atomic E-state index is -0.314. The standard InChI is InChI=1S/C33H25BrN2O4S/c1-38-27-14-11-21(17-28(27)39-2)31-25-13-10-19-6-3-4-9-24(19)30(25)35-33-36(31)32(37)29(41-33)18-23-12-15-26(40-23)20-7-5-8-22(34)16-20/h3-9,11-12,14-18,31H,10,13H2,1-2H3/b29-18-/t31-/m1/s1. The van der Waals surface area contributed by atoms with Crippen LogP contribution in [0.15, 0.2) is 103 Å². The maximum atomic E-state index is 14.1. The Hall–Kier alpha value is -4.14. The fourth-order valence-electron chi connectivity index (χ4n) is 5.70. The summed E-state index contributed by atoms with van der Waals surface area (Å²) in [5, 5.41) is 0. The number of allylic oxidation sites excluding steroid dienone is 1. The quantitative estimate of drug-likeness (QED) is 0.228. The summed E-state index contributed by atoms with van der Waals surface area (Å²) in [7, 11) is 3.25. The number of furan rings is 1. The van der Waals surface area contributed by atoms with Gasteiger partial charge in [0.1, 0.15) is 11.5 Å². The summed E-state index contributed by atoms with van der Waals surface area (Å²) in [6.07, 6.45) is 3.52. The van der Waals surface area contributed by atoms with E-state index in [2.05, 4.69) is 34.1 Å². The van der Waals surface area contributed by atoms with Crippen molar-refractivity contribution in [1.82, 2.24) is 4.57 Å². The molecular weight excluding hydrogens is 600 g/mol. The number of hydrogen-bond donors (Lipinski definition) is 0. The number of hydrogen-bond acceptors (Lipinski definition) is 6. The molecule has 0 amide bonds. The van der Waals surface area contributed by atoms with Gasteiger partial charge in [-0.1, -0.05) is 69.7 Å². The van der Waals surface area contributed by atoms with Gasteiger partial charge >= 0.3 is 0 Å². The molecule has 204 valence electrons. The lowest BCUT2D eigenvalue weighted by Crippen LogP contribution is -2.38. The first-order chi connectivity index (χ1) is 20.0. The molecule has 41 heavy (non-hydrogen) atoms. The number of aromatic nitrogens is 1. The molecule has 1 aliphatic heterocycles. The van der Waals surface area contributed by atoms with Crippen molar-refractivity contribution in [3.63, 3.8) is 0 Å². The van der Waals surface area contributed by atoms with E-state index in [4.69, 9.17) is 18.9 Å². The van der Waals surface area contributed by atoms with Crippen molar-refractivity contribution >= 4 is 39.0 Å². The lowest BCUT2D eigenvalue weighted by Gasteiger charge is -2.31. The summed E-state index contributed by atoms with van der Waals surface area (Å²) in [6, 6.07) is 25.7. The first-order valence-corrected chi connectivity index (χ1v) is 14.9. The molecule has 2 aliphatic rings. The van der Waals surface area contributed by atoms with Crippen molar-refractivity contribution in [2.75, 3.05) is 14.2 Å². The van der Waals surface area contributed by atoms with E-state index in [0.717, 1.165) is 51.0 Å². The van der Waals surface area contributed by atoms with Gasteiger partial charge < -0.3 is 13.9 Å². The molecule has 2 aromatic heterocycles. The van der Waals surface area contributed by atoms with Crippen molar-refractivity contribution in [3.05, 3.63) is 131 Å². The predicted molar refractivity (Wildman–Crippen MR) is 164 cm³/mol. The van der Waals surface area contributed by atoms with Crippen molar-refractivity contribution in [3.8, 4) is 22.8 Å². The van der Waals surface area contributed by atoms with Crippen LogP contribution in [0.3, 0.4) is 0 Å². The molecule has 0 N–H and O–H groups in total. The average Bonchev–Trinajstić information content (AvgIpc) is 3.60. The number of ether oxygens (including phenoxy) is 2. The number of halogens is 1. The van der Waals surface area contributed by atoms with Gasteiger partial charge in [0.25, 0.3) is 5.56 Å². The van der Waals surface area contributed by atoms with E-state index in [1.54, 1.807) is 14.2 Å². The van der Waals surface area contributed by atoms with E-state index in [-0.39, 0.29) is 11.6 Å². The second-order valence-electron chi connectivity index (χ2n) is 9.94. The predicted octanol–water partition coefficient (Wildman–Crippen LogP) is 6.36. The number of fused-ring (bicyclic) bond motifs is 3. The van der Waals surface area contributed by atoms with Crippen LogP contribution < -0.4 is 24.4 Å². The third kappa shape index (κ3) is 4.47. The van der Waals surface area contributed by atoms with Gasteiger partial charge in [-0.3, -0.25) is 9.36 Å². The van der Waals surface area contributed by atoms with Crippen LogP contribution in [0.5, 0.6) is 11.5 Å². The molecule has 3 aromatic carbocycles. The molecule has 1 aliphatic carbocycles. The Labute approximate surface area is 248 Å². The molecule has 0 bridgehead atoms. The Morgan fingerprint density at radius 1 is 0.976 bits per heavy atom. The average molecular weight is 626 g/mol. The molecule has 0 radical (unpaired) electrons. The van der Waals surface area contributed by atoms with Crippen LogP contribution in [-0.4, -0.2) is 18.8 Å². The highest BCUT2D eigenvalue weighted by molar-refractivity contribution is 9.10. The minimum Gasteiger partial charge on any atom is -0.493 e. The molecule has 7 rings (SSSR count). The van der Waals surface area contributed by atoms with Crippen LogP contribution >= 0.6 is 27.3 Å². The third-order valence-electron chi connectivity index (χ3n) is 7.61. The lowest BCUT2D eigenvalue weighted by molar-refractivity contribution is 0.354. The summed E-state index contributed by atoms with van der Waals surface area (Å²) < 4.78 is 20.6. The molecule has 5 aromatic rings. The van der Waals surface area contributed by atoms with Crippen molar-refractivity contribution in [1.29, 1.82) is 0 Å². The van der Waals surface area contributed by atoms with Gasteiger partial charge in [0, 0.05) is 21.7 Å². The molecule has 0 fully saturated rings. The zero-order valence-electron chi connectivity index (χ0n) is 22.4. The Kier molecular flexibility index (Phi) is 6.52. The van der Waals surface area contributed by atoms with Crippen LogP contribution in [0, 0.1) is 0 Å². The van der Waals surface area contributed by atoms with Crippen LogP contribution in [0.4, 0.5) is 0 Å². The van der Waals surface area contributed by atoms with E-state index in [1.807, 2.05) is 71.3 Å². The van der Waals surface area contributed by atoms with Gasteiger partial charge in [-0.25, -0.2) is 4.99 Å². The third-order valence-corrected chi connectivity index (χ3v) is 9.08. The largest absolute Gasteiger partial charge is 0.493 e. The van der Waals surface area contributed by atoms with Crippen LogP contribution in [-0.2, 0) is 6.42 Å². The number of nitrogens with zero attached hydrogens (tertiary/aromatic N) is 2. The number of rotatable bonds is 5. The molecular formula is C33H25BrN2O4S. The highest BCUT2D eigenvalue weighted by Gasteiger charge is 2.33. The van der Waals surface area contributed by atoms with Gasteiger partial charge in [-0.15, -0.1) is 0 Å². The zero-order chi connectivity index (χ0) is 28.1. The first-order valence-electron chi connectivity index (χ1n) is 13.2. The second-order valence-corrected chi connectivity index (χ2v) is 11.9. The van der Waals surface area contributed by atoms with Gasteiger partial charge in [0.15, 0.2) is 16.3 Å². The van der Waals surface area contributed by atoms with Gasteiger partial charge in [0.05, 0.1) is 30.5 Å². The number of benzene rings is 3. The minimum absolute atomic E-state index is 0.0978. The first kappa shape index (κ1) is 25.8. The van der Waals surface area contributed by atoms with Crippen molar-refractivity contribution in [2.45, 2.75) is 18.9 Å². The maximum Gasteiger partial charge on any atom is 0.271 e. The number of thiazole rings is 1. The molecule has 0 saturated carbocycles. The highest BCUT2D eigenvalue weighted by atomic mass is 79.9. The van der Waals surface area contributed by atoms with Crippen molar-refractivity contribution < 1.29 is 13.9 Å². The number of methoxy groups -OCH3 is 2. The monoisotopic (exact) mass is 624 g/mol. The van der Waals surface area contributed by atoms with E-state index in [9.17, 15) is 4.79 Å². The fourth-order valence-corrected chi connectivity index (χ4v) is 7.08. The lowest BCUT2D eigenvalue weighted by atomic mass is 9.83. The number of aryl methyl sites for hydroxylation is 1. The summed E-state index contributed by atoms with van der Waals surface area (Å²) in [5.41, 5.74) is 6.29. The Balaban J connectivity index is 1.41. The summed E-state index contributed by atoms with van der Waals surface area (Å²) in [6.45, 7) is 0. The molecule has 0 spiro atoms. The molecule has 0 saturated heterocycles. The Morgan fingerprint density at radius 3 is 2.66 bits per heavy atom. The van der Waals surface area contributed by atoms with Gasteiger partial charge in [-0.05, 0) is 65.9 Å². The van der Waals surface area contributed by atoms with Crippen LogP contribution in [0.1, 0.15) is 34.9 Å². The Morgan fingerprint density at radius 2 is 1.83 bits per heavy atom. The molecule has 8 heteroatoms. The molecule has 0 unspecified atom stereocenters. The van der Waals surface area contributed by atoms with E-state index < -0.39 is 0 Å². The molecule has 6 nitrogen and oxygen atoms in total.